The molecule has 0 aliphatic rings. The van der Waals surface area contributed by atoms with E-state index >= 15 is 0 Å². The number of hydrogen-bond donors (Lipinski definition) is 1. The Morgan fingerprint density at radius 2 is 1.86 bits per heavy atom. The first kappa shape index (κ1) is 16.0. The Hall–Kier alpha value is -1.34. The fourth-order valence-electron chi connectivity index (χ4n) is 2.28. The molecule has 0 bridgehead atoms. The van der Waals surface area contributed by atoms with Crippen molar-refractivity contribution in [3.8, 4) is 0 Å². The summed E-state index contributed by atoms with van der Waals surface area (Å²) in [5.74, 6) is -2.91. The van der Waals surface area contributed by atoms with Crippen LogP contribution in [0.5, 0.6) is 0 Å². The van der Waals surface area contributed by atoms with Crippen molar-refractivity contribution >= 4 is 15.9 Å². The van der Waals surface area contributed by atoms with Crippen LogP contribution in [0.2, 0.25) is 0 Å². The minimum absolute atomic E-state index is 0.189. The van der Waals surface area contributed by atoms with Crippen molar-refractivity contribution in [1.29, 1.82) is 0 Å². The van der Waals surface area contributed by atoms with Gasteiger partial charge in [-0.1, -0.05) is 0 Å². The summed E-state index contributed by atoms with van der Waals surface area (Å²) in [6.45, 7) is 4.35. The summed E-state index contributed by atoms with van der Waals surface area (Å²) in [4.78, 5) is 0. The highest BCUT2D eigenvalue weighted by Crippen LogP contribution is 2.28. The Morgan fingerprint density at radius 3 is 2.38 bits per heavy atom. The number of hydrogen-bond acceptors (Lipinski definition) is 2. The van der Waals surface area contributed by atoms with Crippen LogP contribution < -0.4 is 5.73 Å². The van der Waals surface area contributed by atoms with Gasteiger partial charge in [0.2, 0.25) is 0 Å². The van der Waals surface area contributed by atoms with Crippen molar-refractivity contribution in [2.24, 2.45) is 5.73 Å². The maximum Gasteiger partial charge on any atom is 0.133 e. The second-order valence-corrected chi connectivity index (χ2v) is 5.55. The Labute approximate surface area is 129 Å². The molecule has 0 saturated carbocycles. The lowest BCUT2D eigenvalue weighted by atomic mass is 10.0. The molecule has 0 spiro atoms. The number of benzene rings is 1. The molecule has 2 aromatic rings. The highest BCUT2D eigenvalue weighted by molar-refractivity contribution is 9.10. The molecule has 7 heteroatoms. The van der Waals surface area contributed by atoms with Crippen molar-refractivity contribution in [3.63, 3.8) is 0 Å². The average molecular weight is 362 g/mol. The third-order valence-corrected chi connectivity index (χ3v) is 4.31. The number of nitrogens with zero attached hydrogens (tertiary/aromatic N) is 2. The maximum absolute atomic E-state index is 13.8. The molecule has 1 atom stereocenters. The summed E-state index contributed by atoms with van der Waals surface area (Å²) in [6.07, 6.45) is 0.189. The molecule has 0 saturated heterocycles. The van der Waals surface area contributed by atoms with Crippen LogP contribution in [0.25, 0.3) is 0 Å². The van der Waals surface area contributed by atoms with Gasteiger partial charge in [-0.05, 0) is 29.8 Å². The number of rotatable bonds is 4. The van der Waals surface area contributed by atoms with Gasteiger partial charge in [0.15, 0.2) is 0 Å². The van der Waals surface area contributed by atoms with Crippen LogP contribution in [0, 0.1) is 24.4 Å². The Bertz CT molecular complexity index is 647. The van der Waals surface area contributed by atoms with Gasteiger partial charge in [0.25, 0.3) is 0 Å². The number of aryl methyl sites for hydroxylation is 2. The molecule has 0 amide bonds. The van der Waals surface area contributed by atoms with Gasteiger partial charge in [-0.15, -0.1) is 0 Å². The van der Waals surface area contributed by atoms with Crippen LogP contribution in [0.4, 0.5) is 13.2 Å². The molecule has 1 aromatic heterocycles. The minimum Gasteiger partial charge on any atom is -0.323 e. The van der Waals surface area contributed by atoms with E-state index in [4.69, 9.17) is 5.73 Å². The summed E-state index contributed by atoms with van der Waals surface area (Å²) >= 11 is 3.41. The molecule has 21 heavy (non-hydrogen) atoms. The summed E-state index contributed by atoms with van der Waals surface area (Å²) in [5.41, 5.74) is 7.13. The third kappa shape index (κ3) is 3.13. The summed E-state index contributed by atoms with van der Waals surface area (Å²) in [6, 6.07) is 0.342. The highest BCUT2D eigenvalue weighted by Gasteiger charge is 2.22. The molecule has 0 aliphatic carbocycles. The number of aromatic nitrogens is 2. The lowest BCUT2D eigenvalue weighted by molar-refractivity contribution is 0.494. The first-order valence-electron chi connectivity index (χ1n) is 6.46. The fourth-order valence-corrected chi connectivity index (χ4v) is 2.73. The first-order valence-corrected chi connectivity index (χ1v) is 7.26. The van der Waals surface area contributed by atoms with E-state index in [1.165, 1.54) is 0 Å². The second-order valence-electron chi connectivity index (χ2n) is 4.76. The third-order valence-electron chi connectivity index (χ3n) is 3.28. The fraction of sp³-hybridized carbons (Fsp3) is 0.357. The van der Waals surface area contributed by atoms with Crippen molar-refractivity contribution in [2.45, 2.75) is 32.9 Å². The monoisotopic (exact) mass is 361 g/mol. The van der Waals surface area contributed by atoms with Crippen LogP contribution in [-0.4, -0.2) is 9.78 Å². The number of nitrogens with two attached hydrogens (primary N) is 1. The highest BCUT2D eigenvalue weighted by atomic mass is 79.9. The molecule has 1 unspecified atom stereocenters. The van der Waals surface area contributed by atoms with Gasteiger partial charge in [-0.25, -0.2) is 13.2 Å². The molecule has 0 aliphatic heterocycles. The van der Waals surface area contributed by atoms with Gasteiger partial charge in [0.1, 0.15) is 17.5 Å². The van der Waals surface area contributed by atoms with Crippen LogP contribution >= 0.6 is 15.9 Å². The zero-order chi connectivity index (χ0) is 15.7. The molecule has 0 radical (unpaired) electrons. The Balaban J connectivity index is 2.37. The predicted molar refractivity (Wildman–Crippen MR) is 77.3 cm³/mol. The van der Waals surface area contributed by atoms with E-state index in [0.29, 0.717) is 18.7 Å². The molecule has 0 fully saturated rings. The van der Waals surface area contributed by atoms with E-state index in [0.717, 1.165) is 15.9 Å². The molecule has 2 rings (SSSR count). The van der Waals surface area contributed by atoms with Gasteiger partial charge in [-0.3, -0.25) is 4.68 Å². The van der Waals surface area contributed by atoms with Crippen LogP contribution in [0.1, 0.15) is 29.9 Å². The predicted octanol–water partition coefficient (Wildman–Crippen LogP) is 3.63. The van der Waals surface area contributed by atoms with Crippen molar-refractivity contribution in [3.05, 3.63) is 51.0 Å². The van der Waals surface area contributed by atoms with E-state index in [-0.39, 0.29) is 12.0 Å². The van der Waals surface area contributed by atoms with Crippen LogP contribution in [0.3, 0.4) is 0 Å². The van der Waals surface area contributed by atoms with E-state index in [1.54, 1.807) is 4.68 Å². The second kappa shape index (κ2) is 6.19. The molecular formula is C14H15BrF3N3. The van der Waals surface area contributed by atoms with Gasteiger partial charge in [-0.2, -0.15) is 5.10 Å². The van der Waals surface area contributed by atoms with Crippen LogP contribution in [0.15, 0.2) is 16.6 Å². The quantitative estimate of drug-likeness (QED) is 0.903. The standard InChI is InChI=1S/C14H15BrF3N3/c1-3-21-12(14(15)7(2)20-21)6-11(19)13-9(17)4-8(16)5-10(13)18/h4-5,11H,3,6,19H2,1-2H3. The Morgan fingerprint density at radius 1 is 1.29 bits per heavy atom. The van der Waals surface area contributed by atoms with Crippen molar-refractivity contribution in [1.82, 2.24) is 9.78 Å². The molecule has 1 aromatic carbocycles. The van der Waals surface area contributed by atoms with Gasteiger partial charge >= 0.3 is 0 Å². The molecule has 3 nitrogen and oxygen atoms in total. The van der Waals surface area contributed by atoms with Gasteiger partial charge in [0.05, 0.1) is 15.9 Å². The Kier molecular flexibility index (Phi) is 4.73. The van der Waals surface area contributed by atoms with E-state index < -0.39 is 23.5 Å². The van der Waals surface area contributed by atoms with Crippen molar-refractivity contribution in [2.75, 3.05) is 0 Å². The lowest BCUT2D eigenvalue weighted by Crippen LogP contribution is -2.19. The summed E-state index contributed by atoms with van der Waals surface area (Å²) in [7, 11) is 0. The minimum atomic E-state index is -0.976. The smallest absolute Gasteiger partial charge is 0.133 e. The molecule has 2 N–H and O–H groups in total. The number of halogens is 4. The lowest BCUT2D eigenvalue weighted by Gasteiger charge is -2.15. The van der Waals surface area contributed by atoms with E-state index in [9.17, 15) is 13.2 Å². The van der Waals surface area contributed by atoms with Gasteiger partial charge < -0.3 is 5.73 Å². The molecule has 114 valence electrons. The zero-order valence-electron chi connectivity index (χ0n) is 11.6. The van der Waals surface area contributed by atoms with Crippen molar-refractivity contribution < 1.29 is 13.2 Å². The maximum atomic E-state index is 13.8. The zero-order valence-corrected chi connectivity index (χ0v) is 13.2. The largest absolute Gasteiger partial charge is 0.323 e. The normalized spacial score (nSPS) is 12.7. The molecular weight excluding hydrogens is 347 g/mol. The van der Waals surface area contributed by atoms with E-state index in [1.807, 2.05) is 13.8 Å². The topological polar surface area (TPSA) is 43.8 Å². The summed E-state index contributed by atoms with van der Waals surface area (Å²) < 4.78 is 42.9. The summed E-state index contributed by atoms with van der Waals surface area (Å²) in [5, 5.41) is 4.30. The van der Waals surface area contributed by atoms with Crippen LogP contribution in [-0.2, 0) is 13.0 Å². The molecule has 1 heterocycles. The average Bonchev–Trinajstić information content (AvgIpc) is 2.65. The SMILES string of the molecule is CCn1nc(C)c(Br)c1CC(N)c1c(F)cc(F)cc1F. The first-order chi connectivity index (χ1) is 9.85. The van der Waals surface area contributed by atoms with Gasteiger partial charge in [0, 0.05) is 36.7 Å². The van der Waals surface area contributed by atoms with E-state index in [2.05, 4.69) is 21.0 Å².